The van der Waals surface area contributed by atoms with Crippen LogP contribution in [0.15, 0.2) is 79.1 Å². The highest BCUT2D eigenvalue weighted by atomic mass is 32.2. The van der Waals surface area contributed by atoms with Gasteiger partial charge in [0.1, 0.15) is 17.2 Å². The zero-order valence-corrected chi connectivity index (χ0v) is 20.5. The highest BCUT2D eigenvalue weighted by molar-refractivity contribution is 7.88. The van der Waals surface area contributed by atoms with Gasteiger partial charge in [0, 0.05) is 35.3 Å². The van der Waals surface area contributed by atoms with Gasteiger partial charge in [-0.3, -0.25) is 10.1 Å². The highest BCUT2D eigenvalue weighted by Gasteiger charge is 2.16. The second kappa shape index (κ2) is 8.91. The Bertz CT molecular complexity index is 1880. The van der Waals surface area contributed by atoms with E-state index in [0.717, 1.165) is 50.8 Å². The number of hydrogen-bond donors (Lipinski definition) is 3. The van der Waals surface area contributed by atoms with Gasteiger partial charge in [-0.05, 0) is 71.3 Å². The lowest BCUT2D eigenvalue weighted by Gasteiger charge is -2.08. The van der Waals surface area contributed by atoms with Crippen LogP contribution in [0.2, 0.25) is 0 Å². The van der Waals surface area contributed by atoms with Gasteiger partial charge < -0.3 is 4.98 Å². The molecule has 0 unspecified atom stereocenters. The SMILES string of the molecule is CS(=O)(=O)NCc1cc(F)cc(-c2ccnc3[nH]c(-c4n[nH]c5ccc(-c6ccccn6)cc45)cc23)c1. The van der Waals surface area contributed by atoms with Gasteiger partial charge in [-0.25, -0.2) is 22.5 Å². The molecule has 0 atom stereocenters. The first-order chi connectivity index (χ1) is 17.8. The molecule has 0 aliphatic heterocycles. The summed E-state index contributed by atoms with van der Waals surface area (Å²) in [5.41, 5.74) is 6.74. The van der Waals surface area contributed by atoms with E-state index in [1.165, 1.54) is 12.1 Å². The first-order valence-electron chi connectivity index (χ1n) is 11.5. The molecule has 4 aromatic heterocycles. The predicted molar refractivity (Wildman–Crippen MR) is 141 cm³/mol. The number of sulfonamides is 1. The summed E-state index contributed by atoms with van der Waals surface area (Å²) in [6, 6.07) is 20.1. The maximum Gasteiger partial charge on any atom is 0.209 e. The average molecular weight is 513 g/mol. The summed E-state index contributed by atoms with van der Waals surface area (Å²) in [5.74, 6) is -0.455. The lowest BCUT2D eigenvalue weighted by atomic mass is 10.0. The largest absolute Gasteiger partial charge is 0.338 e. The predicted octanol–water partition coefficient (Wildman–Crippen LogP) is 5.02. The summed E-state index contributed by atoms with van der Waals surface area (Å²) >= 11 is 0. The summed E-state index contributed by atoms with van der Waals surface area (Å²) in [5, 5.41) is 9.35. The minimum Gasteiger partial charge on any atom is -0.338 e. The Kier molecular flexibility index (Phi) is 5.54. The number of rotatable bonds is 6. The number of aromatic nitrogens is 5. The van der Waals surface area contributed by atoms with E-state index in [1.807, 2.05) is 48.5 Å². The molecule has 6 rings (SSSR count). The fourth-order valence-corrected chi connectivity index (χ4v) is 4.87. The topological polar surface area (TPSA) is 116 Å². The molecule has 3 N–H and O–H groups in total. The Morgan fingerprint density at radius 1 is 0.919 bits per heavy atom. The molecule has 8 nitrogen and oxygen atoms in total. The third-order valence-corrected chi connectivity index (χ3v) is 6.79. The molecule has 0 aliphatic carbocycles. The van der Waals surface area contributed by atoms with Crippen molar-refractivity contribution >= 4 is 32.0 Å². The first-order valence-corrected chi connectivity index (χ1v) is 13.4. The molecule has 0 saturated heterocycles. The lowest BCUT2D eigenvalue weighted by Crippen LogP contribution is -2.21. The van der Waals surface area contributed by atoms with Crippen LogP contribution in [0.1, 0.15) is 5.56 Å². The number of benzene rings is 2. The van der Waals surface area contributed by atoms with Gasteiger partial charge in [0.15, 0.2) is 0 Å². The smallest absolute Gasteiger partial charge is 0.209 e. The van der Waals surface area contributed by atoms with Crippen molar-refractivity contribution in [2.24, 2.45) is 0 Å². The summed E-state index contributed by atoms with van der Waals surface area (Å²) in [7, 11) is -3.41. The molecule has 0 spiro atoms. The van der Waals surface area contributed by atoms with Crippen LogP contribution in [-0.2, 0) is 16.6 Å². The van der Waals surface area contributed by atoms with Crippen LogP contribution in [0.3, 0.4) is 0 Å². The molecule has 6 aromatic rings. The molecule has 4 heterocycles. The Labute approximate surface area is 211 Å². The Morgan fingerprint density at radius 3 is 2.62 bits per heavy atom. The number of pyridine rings is 2. The summed E-state index contributed by atoms with van der Waals surface area (Å²) < 4.78 is 39.9. The Morgan fingerprint density at radius 2 is 1.81 bits per heavy atom. The van der Waals surface area contributed by atoms with Crippen molar-refractivity contribution in [1.82, 2.24) is 29.9 Å². The van der Waals surface area contributed by atoms with Gasteiger partial charge in [-0.1, -0.05) is 12.1 Å². The van der Waals surface area contributed by atoms with Crippen molar-refractivity contribution in [2.75, 3.05) is 6.26 Å². The van der Waals surface area contributed by atoms with E-state index < -0.39 is 15.8 Å². The molecule has 184 valence electrons. The fraction of sp³-hybridized carbons (Fsp3) is 0.0741. The first kappa shape index (κ1) is 23.0. The zero-order chi connectivity index (χ0) is 25.6. The summed E-state index contributed by atoms with van der Waals surface area (Å²) in [4.78, 5) is 12.3. The molecule has 37 heavy (non-hydrogen) atoms. The van der Waals surface area contributed by atoms with Crippen molar-refractivity contribution in [3.8, 4) is 33.8 Å². The standard InChI is InChI=1S/C27H21FN6O2S/c1-37(35,36)31-15-16-10-18(12-19(28)11-16)20-7-9-30-27-21(20)14-25(32-27)26-22-13-17(5-6-24(22)33-34-26)23-4-2-3-8-29-23/h2-14,31H,15H2,1H3,(H,30,32)(H,33,34). The maximum atomic E-state index is 14.5. The number of aromatic amines is 2. The molecule has 0 amide bonds. The molecule has 0 fully saturated rings. The number of nitrogens with zero attached hydrogens (tertiary/aromatic N) is 3. The van der Waals surface area contributed by atoms with Gasteiger partial charge in [-0.2, -0.15) is 5.10 Å². The minimum absolute atomic E-state index is 0.00588. The highest BCUT2D eigenvalue weighted by Crippen LogP contribution is 2.35. The van der Waals surface area contributed by atoms with Gasteiger partial charge in [0.2, 0.25) is 10.0 Å². The van der Waals surface area contributed by atoms with E-state index in [1.54, 1.807) is 18.5 Å². The van der Waals surface area contributed by atoms with Crippen LogP contribution < -0.4 is 4.72 Å². The minimum atomic E-state index is -3.41. The van der Waals surface area contributed by atoms with Crippen LogP contribution >= 0.6 is 0 Å². The maximum absolute atomic E-state index is 14.5. The van der Waals surface area contributed by atoms with Crippen molar-refractivity contribution in [1.29, 1.82) is 0 Å². The number of fused-ring (bicyclic) bond motifs is 2. The van der Waals surface area contributed by atoms with Crippen molar-refractivity contribution in [2.45, 2.75) is 6.54 Å². The molecular formula is C27H21FN6O2S. The fourth-order valence-electron chi connectivity index (χ4n) is 4.44. The quantitative estimate of drug-likeness (QED) is 0.290. The zero-order valence-electron chi connectivity index (χ0n) is 19.7. The Hall–Kier alpha value is -4.41. The van der Waals surface area contributed by atoms with E-state index in [0.29, 0.717) is 16.8 Å². The van der Waals surface area contributed by atoms with E-state index in [4.69, 9.17) is 0 Å². The molecule has 0 radical (unpaired) electrons. The van der Waals surface area contributed by atoms with E-state index in [9.17, 15) is 12.8 Å². The van der Waals surface area contributed by atoms with Crippen molar-refractivity contribution in [3.63, 3.8) is 0 Å². The number of hydrogen-bond acceptors (Lipinski definition) is 5. The number of H-pyrrole nitrogens is 2. The Balaban J connectivity index is 1.44. The van der Waals surface area contributed by atoms with Crippen LogP contribution in [0.4, 0.5) is 4.39 Å². The van der Waals surface area contributed by atoms with Gasteiger partial charge in [0.25, 0.3) is 0 Å². The third kappa shape index (κ3) is 4.59. The number of halogens is 1. The van der Waals surface area contributed by atoms with E-state index >= 15 is 0 Å². The van der Waals surface area contributed by atoms with E-state index in [-0.39, 0.29) is 6.54 Å². The van der Waals surface area contributed by atoms with Crippen LogP contribution in [-0.4, -0.2) is 39.8 Å². The molecule has 2 aromatic carbocycles. The van der Waals surface area contributed by atoms with Crippen LogP contribution in [0.5, 0.6) is 0 Å². The van der Waals surface area contributed by atoms with Gasteiger partial charge in [-0.15, -0.1) is 0 Å². The van der Waals surface area contributed by atoms with Crippen LogP contribution in [0, 0.1) is 5.82 Å². The molecule has 0 saturated carbocycles. The normalized spacial score (nSPS) is 11.9. The molecule has 0 bridgehead atoms. The van der Waals surface area contributed by atoms with Gasteiger partial charge >= 0.3 is 0 Å². The molecular weight excluding hydrogens is 491 g/mol. The van der Waals surface area contributed by atoms with Crippen LogP contribution in [0.25, 0.3) is 55.7 Å². The van der Waals surface area contributed by atoms with E-state index in [2.05, 4.69) is 29.9 Å². The third-order valence-electron chi connectivity index (χ3n) is 6.12. The van der Waals surface area contributed by atoms with Crippen molar-refractivity contribution in [3.05, 3.63) is 90.5 Å². The second-order valence-electron chi connectivity index (χ2n) is 8.79. The monoisotopic (exact) mass is 512 g/mol. The number of nitrogens with one attached hydrogen (secondary N) is 3. The second-order valence-corrected chi connectivity index (χ2v) is 10.6. The molecule has 10 heteroatoms. The average Bonchev–Trinajstić information content (AvgIpc) is 3.51. The van der Waals surface area contributed by atoms with Gasteiger partial charge in [0.05, 0.1) is 23.2 Å². The summed E-state index contributed by atoms with van der Waals surface area (Å²) in [6.07, 6.45) is 4.48. The summed E-state index contributed by atoms with van der Waals surface area (Å²) in [6.45, 7) is -0.00588. The lowest BCUT2D eigenvalue weighted by molar-refractivity contribution is 0.586. The van der Waals surface area contributed by atoms with Crippen molar-refractivity contribution < 1.29 is 12.8 Å². The molecule has 0 aliphatic rings.